The molecule has 1 aliphatic rings. The molecule has 0 bridgehead atoms. The molecular weight excluding hydrogens is 474 g/mol. The fourth-order valence-electron chi connectivity index (χ4n) is 3.67. The van der Waals surface area contributed by atoms with Crippen LogP contribution in [0.5, 0.6) is 0 Å². The lowest BCUT2D eigenvalue weighted by molar-refractivity contribution is 0.0713. The Morgan fingerprint density at radius 2 is 1.69 bits per heavy atom. The summed E-state index contributed by atoms with van der Waals surface area (Å²) in [5.74, 6) is 1.87. The van der Waals surface area contributed by atoms with Crippen molar-refractivity contribution >= 4 is 27.7 Å². The van der Waals surface area contributed by atoms with E-state index in [1.54, 1.807) is 23.2 Å². The summed E-state index contributed by atoms with van der Waals surface area (Å²) < 4.78 is 11.9. The maximum atomic E-state index is 12.6. The normalized spacial score (nSPS) is 14.1. The number of halogens is 1. The SMILES string of the molecule is Cc1ccc(-c2nnc(-c3cccnc3N3CCN(C(=O)c4ccc(Br)o4)CC3)o2)cc1. The van der Waals surface area contributed by atoms with Crippen LogP contribution in [-0.2, 0) is 0 Å². The van der Waals surface area contributed by atoms with E-state index in [4.69, 9.17) is 8.83 Å². The van der Waals surface area contributed by atoms with Gasteiger partial charge in [0.2, 0.25) is 5.89 Å². The van der Waals surface area contributed by atoms with E-state index < -0.39 is 0 Å². The molecule has 1 amide bonds. The van der Waals surface area contributed by atoms with Gasteiger partial charge in [-0.25, -0.2) is 4.98 Å². The van der Waals surface area contributed by atoms with Gasteiger partial charge in [-0.1, -0.05) is 17.7 Å². The molecule has 4 heterocycles. The molecule has 0 N–H and O–H groups in total. The van der Waals surface area contributed by atoms with E-state index >= 15 is 0 Å². The molecule has 32 heavy (non-hydrogen) atoms. The highest BCUT2D eigenvalue weighted by Crippen LogP contribution is 2.31. The van der Waals surface area contributed by atoms with Crippen molar-refractivity contribution in [2.75, 3.05) is 31.1 Å². The standard InChI is InChI=1S/C23H20BrN5O3/c1-15-4-6-16(7-5-15)21-26-27-22(32-21)17-3-2-10-25-20(17)28-11-13-29(14-12-28)23(30)18-8-9-19(24)31-18/h2-10H,11-14H2,1H3. The van der Waals surface area contributed by atoms with Crippen LogP contribution in [0.3, 0.4) is 0 Å². The van der Waals surface area contributed by atoms with Gasteiger partial charge in [0.25, 0.3) is 11.8 Å². The van der Waals surface area contributed by atoms with Crippen molar-refractivity contribution in [3.8, 4) is 22.9 Å². The van der Waals surface area contributed by atoms with E-state index in [0.29, 0.717) is 48.4 Å². The molecule has 0 atom stereocenters. The lowest BCUT2D eigenvalue weighted by Crippen LogP contribution is -2.49. The molecule has 0 radical (unpaired) electrons. The number of pyridine rings is 1. The Morgan fingerprint density at radius 1 is 0.938 bits per heavy atom. The molecule has 5 rings (SSSR count). The summed E-state index contributed by atoms with van der Waals surface area (Å²) in [6.07, 6.45) is 1.74. The maximum Gasteiger partial charge on any atom is 0.289 e. The smallest absolute Gasteiger partial charge is 0.289 e. The molecule has 4 aromatic rings. The summed E-state index contributed by atoms with van der Waals surface area (Å²) in [6, 6.07) is 15.1. The number of anilines is 1. The minimum absolute atomic E-state index is 0.115. The molecule has 9 heteroatoms. The quantitative estimate of drug-likeness (QED) is 0.415. The van der Waals surface area contributed by atoms with Gasteiger partial charge in [-0.05, 0) is 59.3 Å². The lowest BCUT2D eigenvalue weighted by Gasteiger charge is -2.35. The highest BCUT2D eigenvalue weighted by molar-refractivity contribution is 9.10. The predicted molar refractivity (Wildman–Crippen MR) is 122 cm³/mol. The number of nitrogens with zero attached hydrogens (tertiary/aromatic N) is 5. The Morgan fingerprint density at radius 3 is 2.41 bits per heavy atom. The van der Waals surface area contributed by atoms with E-state index in [1.807, 2.05) is 43.3 Å². The van der Waals surface area contributed by atoms with Crippen molar-refractivity contribution in [1.82, 2.24) is 20.1 Å². The van der Waals surface area contributed by atoms with Crippen molar-refractivity contribution in [3.05, 3.63) is 70.7 Å². The number of hydrogen-bond acceptors (Lipinski definition) is 7. The number of aryl methyl sites for hydroxylation is 1. The van der Waals surface area contributed by atoms with Crippen molar-refractivity contribution in [2.24, 2.45) is 0 Å². The first-order valence-corrected chi connectivity index (χ1v) is 11.0. The Hall–Kier alpha value is -3.46. The number of amides is 1. The number of piperazine rings is 1. The maximum absolute atomic E-state index is 12.6. The Bertz CT molecular complexity index is 1240. The number of carbonyl (C=O) groups is 1. The number of aromatic nitrogens is 3. The molecule has 162 valence electrons. The molecule has 0 unspecified atom stereocenters. The summed E-state index contributed by atoms with van der Waals surface area (Å²) in [7, 11) is 0. The molecular formula is C23H20BrN5O3. The first-order chi connectivity index (χ1) is 15.6. The number of rotatable bonds is 4. The van der Waals surface area contributed by atoms with Gasteiger partial charge in [0, 0.05) is 37.9 Å². The highest BCUT2D eigenvalue weighted by atomic mass is 79.9. The summed E-state index contributed by atoms with van der Waals surface area (Å²) in [4.78, 5) is 21.1. The summed E-state index contributed by atoms with van der Waals surface area (Å²) in [5, 5.41) is 8.48. The monoisotopic (exact) mass is 493 g/mol. The fourth-order valence-corrected chi connectivity index (χ4v) is 3.97. The molecule has 1 saturated heterocycles. The average Bonchev–Trinajstić information content (AvgIpc) is 3.49. The second kappa shape index (κ2) is 8.58. The second-order valence-electron chi connectivity index (χ2n) is 7.54. The Labute approximate surface area is 193 Å². The van der Waals surface area contributed by atoms with Crippen LogP contribution < -0.4 is 4.90 Å². The molecule has 1 aromatic carbocycles. The largest absolute Gasteiger partial charge is 0.444 e. The third-order valence-electron chi connectivity index (χ3n) is 5.39. The van der Waals surface area contributed by atoms with Crippen molar-refractivity contribution in [1.29, 1.82) is 0 Å². The molecule has 0 aliphatic carbocycles. The zero-order valence-electron chi connectivity index (χ0n) is 17.4. The zero-order chi connectivity index (χ0) is 22.1. The molecule has 8 nitrogen and oxygen atoms in total. The van der Waals surface area contributed by atoms with E-state index in [2.05, 4.69) is 36.0 Å². The fraction of sp³-hybridized carbons (Fsp3) is 0.217. The molecule has 3 aromatic heterocycles. The first-order valence-electron chi connectivity index (χ1n) is 10.2. The van der Waals surface area contributed by atoms with Crippen LogP contribution in [0.25, 0.3) is 22.9 Å². The third-order valence-corrected chi connectivity index (χ3v) is 5.82. The first kappa shape index (κ1) is 20.4. The van der Waals surface area contributed by atoms with Crippen LogP contribution in [0.4, 0.5) is 5.82 Å². The zero-order valence-corrected chi connectivity index (χ0v) is 18.9. The average molecular weight is 494 g/mol. The van der Waals surface area contributed by atoms with Gasteiger partial charge >= 0.3 is 0 Å². The topological polar surface area (TPSA) is 88.5 Å². The summed E-state index contributed by atoms with van der Waals surface area (Å²) >= 11 is 3.24. The van der Waals surface area contributed by atoms with Crippen LogP contribution in [0.1, 0.15) is 16.1 Å². The van der Waals surface area contributed by atoms with Gasteiger partial charge in [0.05, 0.1) is 5.56 Å². The van der Waals surface area contributed by atoms with Crippen LogP contribution in [0.15, 0.2) is 68.2 Å². The number of benzene rings is 1. The third kappa shape index (κ3) is 4.03. The molecule has 0 spiro atoms. The number of carbonyl (C=O) groups excluding carboxylic acids is 1. The van der Waals surface area contributed by atoms with Crippen LogP contribution in [0.2, 0.25) is 0 Å². The molecule has 1 fully saturated rings. The minimum atomic E-state index is -0.115. The summed E-state index contributed by atoms with van der Waals surface area (Å²) in [5.41, 5.74) is 2.81. The summed E-state index contributed by atoms with van der Waals surface area (Å²) in [6.45, 7) is 4.43. The van der Waals surface area contributed by atoms with Gasteiger partial charge in [0.15, 0.2) is 10.4 Å². The van der Waals surface area contributed by atoms with Crippen LogP contribution in [-0.4, -0.2) is 52.2 Å². The van der Waals surface area contributed by atoms with Crippen molar-refractivity contribution in [3.63, 3.8) is 0 Å². The lowest BCUT2D eigenvalue weighted by atomic mass is 10.1. The van der Waals surface area contributed by atoms with Gasteiger partial charge in [-0.15, -0.1) is 10.2 Å². The van der Waals surface area contributed by atoms with Crippen LogP contribution in [0, 0.1) is 6.92 Å². The van der Waals surface area contributed by atoms with Gasteiger partial charge in [0.1, 0.15) is 5.82 Å². The minimum Gasteiger partial charge on any atom is -0.444 e. The van der Waals surface area contributed by atoms with E-state index in [0.717, 1.165) is 16.9 Å². The van der Waals surface area contributed by atoms with Gasteiger partial charge < -0.3 is 18.6 Å². The van der Waals surface area contributed by atoms with Gasteiger partial charge in [-0.2, -0.15) is 0 Å². The Kier molecular flexibility index (Phi) is 5.48. The van der Waals surface area contributed by atoms with Gasteiger partial charge in [-0.3, -0.25) is 4.79 Å². The van der Waals surface area contributed by atoms with E-state index in [-0.39, 0.29) is 5.91 Å². The number of furan rings is 1. The van der Waals surface area contributed by atoms with Crippen LogP contribution >= 0.6 is 15.9 Å². The Balaban J connectivity index is 1.33. The van der Waals surface area contributed by atoms with E-state index in [9.17, 15) is 4.79 Å². The van der Waals surface area contributed by atoms with Crippen molar-refractivity contribution < 1.29 is 13.6 Å². The molecule has 0 saturated carbocycles. The molecule has 1 aliphatic heterocycles. The second-order valence-corrected chi connectivity index (χ2v) is 8.32. The van der Waals surface area contributed by atoms with Crippen molar-refractivity contribution in [2.45, 2.75) is 6.92 Å². The van der Waals surface area contributed by atoms with E-state index in [1.165, 1.54) is 5.56 Å². The predicted octanol–water partition coefficient (Wildman–Crippen LogP) is 4.42. The highest BCUT2D eigenvalue weighted by Gasteiger charge is 2.27. The number of hydrogen-bond donors (Lipinski definition) is 0.